The highest BCUT2D eigenvalue weighted by atomic mass is 32.2. The van der Waals surface area contributed by atoms with Crippen LogP contribution < -0.4 is 15.2 Å². The molecule has 0 atom stereocenters. The maximum atomic E-state index is 13.3. The molecule has 3 rings (SSSR count). The molecule has 11 heteroatoms. The Kier molecular flexibility index (Phi) is 6.15. The number of ether oxygens (including phenoxy) is 1. The van der Waals surface area contributed by atoms with Crippen molar-refractivity contribution in [2.75, 3.05) is 12.4 Å². The molecule has 0 aliphatic rings. The standard InChI is InChI=1S/C21H17F3N2O5S/c1-31-18-11-13(7-9-19(18)32(25,29)30)26-20(28)12-6-8-15(17(27)10-12)14-4-2-3-5-16(14)21(22,23)24/h2-11,27H,1H3,(H,26,28)(H2,25,29,30). The molecule has 32 heavy (non-hydrogen) atoms. The summed E-state index contributed by atoms with van der Waals surface area (Å²) in [5.41, 5.74) is -1.11. The van der Waals surface area contributed by atoms with E-state index in [0.717, 1.165) is 18.2 Å². The Morgan fingerprint density at radius 1 is 1.03 bits per heavy atom. The number of alkyl halides is 3. The molecule has 0 radical (unpaired) electrons. The lowest BCUT2D eigenvalue weighted by atomic mass is 9.97. The molecule has 0 heterocycles. The van der Waals surface area contributed by atoms with Crippen LogP contribution >= 0.6 is 0 Å². The first-order valence-electron chi connectivity index (χ1n) is 8.93. The van der Waals surface area contributed by atoms with Crippen molar-refractivity contribution in [2.24, 2.45) is 5.14 Å². The number of primary sulfonamides is 1. The smallest absolute Gasteiger partial charge is 0.417 e. The summed E-state index contributed by atoms with van der Waals surface area (Å²) in [6.45, 7) is 0. The van der Waals surface area contributed by atoms with Crippen molar-refractivity contribution in [1.29, 1.82) is 0 Å². The van der Waals surface area contributed by atoms with Gasteiger partial charge in [-0.1, -0.05) is 18.2 Å². The summed E-state index contributed by atoms with van der Waals surface area (Å²) in [6.07, 6.45) is -4.62. The average molecular weight is 466 g/mol. The summed E-state index contributed by atoms with van der Waals surface area (Å²) in [7, 11) is -2.82. The van der Waals surface area contributed by atoms with Crippen LogP contribution in [0.5, 0.6) is 11.5 Å². The molecule has 0 saturated heterocycles. The van der Waals surface area contributed by atoms with Gasteiger partial charge >= 0.3 is 6.18 Å². The Balaban J connectivity index is 1.90. The predicted octanol–water partition coefficient (Wildman–Crippen LogP) is 3.99. The molecule has 0 saturated carbocycles. The SMILES string of the molecule is COc1cc(NC(=O)c2ccc(-c3ccccc3C(F)(F)F)c(O)c2)ccc1S(N)(=O)=O. The zero-order valence-corrected chi connectivity index (χ0v) is 17.3. The second kappa shape index (κ2) is 8.52. The number of anilines is 1. The molecule has 7 nitrogen and oxygen atoms in total. The lowest BCUT2D eigenvalue weighted by Crippen LogP contribution is -2.15. The largest absolute Gasteiger partial charge is 0.507 e. The Hall–Kier alpha value is -3.57. The van der Waals surface area contributed by atoms with Crippen LogP contribution in [0.25, 0.3) is 11.1 Å². The third-order valence-electron chi connectivity index (χ3n) is 4.51. The van der Waals surface area contributed by atoms with Gasteiger partial charge in [-0.05, 0) is 42.0 Å². The van der Waals surface area contributed by atoms with E-state index in [-0.39, 0.29) is 33.0 Å². The van der Waals surface area contributed by atoms with Gasteiger partial charge in [0.05, 0.1) is 12.7 Å². The third-order valence-corrected chi connectivity index (χ3v) is 5.46. The minimum absolute atomic E-state index is 0.0368. The molecular formula is C21H17F3N2O5S. The van der Waals surface area contributed by atoms with Crippen molar-refractivity contribution >= 4 is 21.6 Å². The molecule has 0 unspecified atom stereocenters. The lowest BCUT2D eigenvalue weighted by Gasteiger charge is -2.14. The number of amides is 1. The zero-order valence-electron chi connectivity index (χ0n) is 16.5. The number of phenols is 1. The monoisotopic (exact) mass is 466 g/mol. The molecule has 0 aromatic heterocycles. The van der Waals surface area contributed by atoms with Gasteiger partial charge in [0, 0.05) is 22.9 Å². The zero-order chi connectivity index (χ0) is 23.7. The molecule has 0 aliphatic carbocycles. The summed E-state index contributed by atoms with van der Waals surface area (Å²) >= 11 is 0. The van der Waals surface area contributed by atoms with Gasteiger partial charge in [-0.15, -0.1) is 0 Å². The summed E-state index contributed by atoms with van der Waals surface area (Å²) in [5, 5.41) is 17.9. The highest BCUT2D eigenvalue weighted by Crippen LogP contribution is 2.40. The van der Waals surface area contributed by atoms with E-state index in [1.807, 2.05) is 0 Å². The molecule has 3 aromatic carbocycles. The van der Waals surface area contributed by atoms with Gasteiger partial charge in [0.15, 0.2) is 0 Å². The first-order valence-corrected chi connectivity index (χ1v) is 10.5. The Morgan fingerprint density at radius 3 is 2.31 bits per heavy atom. The van der Waals surface area contributed by atoms with Crippen molar-refractivity contribution in [3.63, 3.8) is 0 Å². The highest BCUT2D eigenvalue weighted by molar-refractivity contribution is 7.89. The van der Waals surface area contributed by atoms with Gasteiger partial charge < -0.3 is 15.2 Å². The van der Waals surface area contributed by atoms with Crippen LogP contribution in [0.1, 0.15) is 15.9 Å². The second-order valence-electron chi connectivity index (χ2n) is 6.64. The minimum atomic E-state index is -4.62. The number of aromatic hydroxyl groups is 1. The first-order chi connectivity index (χ1) is 14.9. The number of sulfonamides is 1. The predicted molar refractivity (Wildman–Crippen MR) is 111 cm³/mol. The second-order valence-corrected chi connectivity index (χ2v) is 8.17. The molecule has 0 spiro atoms. The maximum Gasteiger partial charge on any atom is 0.417 e. The normalized spacial score (nSPS) is 11.8. The number of phenolic OH excluding ortho intramolecular Hbond substituents is 1. The van der Waals surface area contributed by atoms with Gasteiger partial charge in [-0.3, -0.25) is 4.79 Å². The minimum Gasteiger partial charge on any atom is -0.507 e. The van der Waals surface area contributed by atoms with Crippen molar-refractivity contribution in [3.05, 3.63) is 71.8 Å². The van der Waals surface area contributed by atoms with Crippen LogP contribution in [0.4, 0.5) is 18.9 Å². The number of rotatable bonds is 5. The van der Waals surface area contributed by atoms with E-state index in [0.29, 0.717) is 0 Å². The number of carbonyl (C=O) groups is 1. The number of hydrogen-bond donors (Lipinski definition) is 3. The molecule has 3 aromatic rings. The molecule has 1 amide bonds. The van der Waals surface area contributed by atoms with Crippen LogP contribution in [0.2, 0.25) is 0 Å². The van der Waals surface area contributed by atoms with Crippen molar-refractivity contribution in [1.82, 2.24) is 0 Å². The van der Waals surface area contributed by atoms with E-state index in [4.69, 9.17) is 9.88 Å². The van der Waals surface area contributed by atoms with Crippen LogP contribution in [0, 0.1) is 0 Å². The van der Waals surface area contributed by atoms with Crippen LogP contribution in [0.15, 0.2) is 65.6 Å². The number of methoxy groups -OCH3 is 1. The molecular weight excluding hydrogens is 449 g/mol. The van der Waals surface area contributed by atoms with Crippen molar-refractivity contribution in [2.45, 2.75) is 11.1 Å². The fourth-order valence-corrected chi connectivity index (χ4v) is 3.73. The summed E-state index contributed by atoms with van der Waals surface area (Å²) < 4.78 is 67.9. The highest BCUT2D eigenvalue weighted by Gasteiger charge is 2.33. The van der Waals surface area contributed by atoms with E-state index >= 15 is 0 Å². The Bertz CT molecular complexity index is 1290. The Morgan fingerprint density at radius 2 is 1.72 bits per heavy atom. The van der Waals surface area contributed by atoms with Gasteiger partial charge in [0.2, 0.25) is 10.0 Å². The quantitative estimate of drug-likeness (QED) is 0.526. The van der Waals surface area contributed by atoms with Crippen molar-refractivity contribution in [3.8, 4) is 22.6 Å². The summed E-state index contributed by atoms with van der Waals surface area (Å²) in [5.74, 6) is -1.30. The lowest BCUT2D eigenvalue weighted by molar-refractivity contribution is -0.137. The fraction of sp³-hybridized carbons (Fsp3) is 0.0952. The molecule has 0 fully saturated rings. The first kappa shape index (κ1) is 23.1. The van der Waals surface area contributed by atoms with Crippen LogP contribution in [-0.2, 0) is 16.2 Å². The van der Waals surface area contributed by atoms with Gasteiger partial charge in [-0.2, -0.15) is 13.2 Å². The van der Waals surface area contributed by atoms with Gasteiger partial charge in [-0.25, -0.2) is 13.6 Å². The summed E-state index contributed by atoms with van der Waals surface area (Å²) in [4.78, 5) is 12.3. The third kappa shape index (κ3) is 4.84. The number of carbonyl (C=O) groups excluding carboxylic acids is 1. The number of halogens is 3. The number of hydrogen-bond acceptors (Lipinski definition) is 5. The molecule has 0 bridgehead atoms. The number of nitrogens with two attached hydrogens (primary N) is 1. The van der Waals surface area contributed by atoms with E-state index < -0.39 is 33.4 Å². The van der Waals surface area contributed by atoms with E-state index in [1.165, 1.54) is 49.6 Å². The van der Waals surface area contributed by atoms with Gasteiger partial charge in [0.25, 0.3) is 5.91 Å². The molecule has 0 aliphatic heterocycles. The number of nitrogens with one attached hydrogen (secondary N) is 1. The van der Waals surface area contributed by atoms with Crippen LogP contribution in [-0.4, -0.2) is 26.5 Å². The maximum absolute atomic E-state index is 13.3. The molecule has 4 N–H and O–H groups in total. The fourth-order valence-electron chi connectivity index (χ4n) is 3.05. The topological polar surface area (TPSA) is 119 Å². The summed E-state index contributed by atoms with van der Waals surface area (Å²) in [6, 6.07) is 11.9. The average Bonchev–Trinajstić information content (AvgIpc) is 2.72. The van der Waals surface area contributed by atoms with Crippen molar-refractivity contribution < 1.29 is 36.2 Å². The number of benzene rings is 3. The van der Waals surface area contributed by atoms with E-state index in [2.05, 4.69) is 5.32 Å². The van der Waals surface area contributed by atoms with E-state index in [1.54, 1.807) is 0 Å². The van der Waals surface area contributed by atoms with Gasteiger partial charge in [0.1, 0.15) is 16.4 Å². The van der Waals surface area contributed by atoms with Crippen LogP contribution in [0.3, 0.4) is 0 Å². The van der Waals surface area contributed by atoms with E-state index in [9.17, 15) is 31.5 Å². The molecule has 168 valence electrons. The Labute approximate surface area is 181 Å².